The van der Waals surface area contributed by atoms with Gasteiger partial charge in [-0.3, -0.25) is 4.79 Å². The first kappa shape index (κ1) is 13.8. The first-order chi connectivity index (χ1) is 8.27. The zero-order valence-corrected chi connectivity index (χ0v) is 10.5. The van der Waals surface area contributed by atoms with Gasteiger partial charge in [-0.25, -0.2) is 0 Å². The van der Waals surface area contributed by atoms with Crippen LogP contribution in [0.2, 0.25) is 0 Å². The second-order valence-corrected chi connectivity index (χ2v) is 5.12. The Morgan fingerprint density at radius 2 is 1.88 bits per heavy atom. The third-order valence-electron chi connectivity index (χ3n) is 2.60. The van der Waals surface area contributed by atoms with Crippen molar-refractivity contribution in [3.63, 3.8) is 0 Å². The number of rotatable bonds is 5. The Kier molecular flexibility index (Phi) is 6.46. The molecule has 0 bridgehead atoms. The zero-order chi connectivity index (χ0) is 12.5. The van der Waals surface area contributed by atoms with Crippen molar-refractivity contribution >= 4 is 17.7 Å². The molecule has 1 aliphatic rings. The Hall–Kier alpha value is -1.24. The lowest BCUT2D eigenvalue weighted by molar-refractivity contribution is -0.127. The molecule has 0 aromatic heterocycles. The van der Waals surface area contributed by atoms with Crippen LogP contribution in [-0.2, 0) is 4.79 Å². The van der Waals surface area contributed by atoms with E-state index in [2.05, 4.69) is 5.32 Å². The summed E-state index contributed by atoms with van der Waals surface area (Å²) in [5.74, 6) is 0.255. The lowest BCUT2D eigenvalue weighted by Crippen LogP contribution is -2.35. The average Bonchev–Trinajstić information content (AvgIpc) is 2.37. The highest BCUT2D eigenvalue weighted by molar-refractivity contribution is 8.00. The highest BCUT2D eigenvalue weighted by atomic mass is 32.2. The van der Waals surface area contributed by atoms with Crippen LogP contribution in [0, 0.1) is 22.7 Å². The fourth-order valence-electron chi connectivity index (χ4n) is 1.65. The Balaban J connectivity index is 2.31. The molecule has 17 heavy (non-hydrogen) atoms. The minimum absolute atomic E-state index is 0.000818. The van der Waals surface area contributed by atoms with Gasteiger partial charge in [0.2, 0.25) is 5.91 Å². The summed E-state index contributed by atoms with van der Waals surface area (Å²) in [6.45, 7) is 2.01. The van der Waals surface area contributed by atoms with Gasteiger partial charge in [-0.15, -0.1) is 11.8 Å². The van der Waals surface area contributed by atoms with Gasteiger partial charge >= 0.3 is 0 Å². The van der Waals surface area contributed by atoms with Crippen LogP contribution in [-0.4, -0.2) is 48.0 Å². The second kappa shape index (κ2) is 7.94. The van der Waals surface area contributed by atoms with E-state index in [4.69, 9.17) is 10.5 Å². The van der Waals surface area contributed by atoms with E-state index in [1.807, 2.05) is 12.1 Å². The Labute approximate surface area is 106 Å². The van der Waals surface area contributed by atoms with Crippen LogP contribution in [0.25, 0.3) is 0 Å². The van der Waals surface area contributed by atoms with Crippen LogP contribution in [0.15, 0.2) is 0 Å². The summed E-state index contributed by atoms with van der Waals surface area (Å²) in [5, 5.41) is 20.9. The molecule has 1 N–H and O–H groups in total. The lowest BCUT2D eigenvalue weighted by atomic mass is 10.2. The molecule has 0 aromatic rings. The van der Waals surface area contributed by atoms with E-state index >= 15 is 0 Å². The molecule has 5 nitrogen and oxygen atoms in total. The molecule has 1 saturated heterocycles. The number of carbonyl (C=O) groups excluding carboxylic acids is 1. The van der Waals surface area contributed by atoms with E-state index in [0.717, 1.165) is 25.9 Å². The summed E-state index contributed by atoms with van der Waals surface area (Å²) in [6, 6.07) is 3.81. The van der Waals surface area contributed by atoms with E-state index in [-0.39, 0.29) is 19.0 Å². The number of hydrogen-bond donors (Lipinski definition) is 1. The summed E-state index contributed by atoms with van der Waals surface area (Å²) in [6.07, 6.45) is 2.16. The van der Waals surface area contributed by atoms with Crippen LogP contribution in [0.5, 0.6) is 0 Å². The van der Waals surface area contributed by atoms with Crippen LogP contribution in [0.4, 0.5) is 0 Å². The van der Waals surface area contributed by atoms with E-state index in [1.54, 1.807) is 11.8 Å². The van der Waals surface area contributed by atoms with Crippen LogP contribution < -0.4 is 5.32 Å². The molecule has 0 unspecified atom stereocenters. The third-order valence-corrected chi connectivity index (χ3v) is 3.96. The van der Waals surface area contributed by atoms with Gasteiger partial charge in [0, 0.05) is 5.25 Å². The fraction of sp³-hybridized carbons (Fsp3) is 0.727. The quantitative estimate of drug-likeness (QED) is 0.714. The van der Waals surface area contributed by atoms with Gasteiger partial charge in [-0.05, 0) is 25.9 Å². The van der Waals surface area contributed by atoms with Crippen molar-refractivity contribution in [2.24, 2.45) is 0 Å². The highest BCUT2D eigenvalue weighted by Gasteiger charge is 2.18. The predicted octanol–water partition coefficient (Wildman–Crippen LogP) is 0.347. The average molecular weight is 252 g/mol. The number of carbonyl (C=O) groups is 1. The Morgan fingerprint density at radius 1 is 1.29 bits per heavy atom. The Bertz CT molecular complexity index is 311. The molecule has 0 aliphatic carbocycles. The third kappa shape index (κ3) is 5.08. The topological polar surface area (TPSA) is 79.9 Å². The van der Waals surface area contributed by atoms with Crippen molar-refractivity contribution in [2.75, 3.05) is 31.9 Å². The molecule has 1 aliphatic heterocycles. The van der Waals surface area contributed by atoms with E-state index in [9.17, 15) is 4.79 Å². The van der Waals surface area contributed by atoms with E-state index in [1.165, 1.54) is 4.90 Å². The van der Waals surface area contributed by atoms with E-state index in [0.29, 0.717) is 11.0 Å². The fourth-order valence-corrected chi connectivity index (χ4v) is 2.78. The number of hydrogen-bond acceptors (Lipinski definition) is 5. The lowest BCUT2D eigenvalue weighted by Gasteiger charge is -2.23. The molecule has 1 rings (SSSR count). The first-order valence-electron chi connectivity index (χ1n) is 5.62. The van der Waals surface area contributed by atoms with Crippen molar-refractivity contribution in [2.45, 2.75) is 18.1 Å². The van der Waals surface area contributed by atoms with Crippen molar-refractivity contribution in [3.05, 3.63) is 0 Å². The van der Waals surface area contributed by atoms with E-state index < -0.39 is 0 Å². The van der Waals surface area contributed by atoms with Crippen molar-refractivity contribution in [1.29, 1.82) is 10.5 Å². The maximum atomic E-state index is 11.8. The SMILES string of the molecule is N#CCN(CC#N)C(=O)CSC1CCNCC1. The number of piperidine rings is 1. The Morgan fingerprint density at radius 3 is 2.41 bits per heavy atom. The maximum Gasteiger partial charge on any atom is 0.234 e. The second-order valence-electron chi connectivity index (χ2n) is 3.83. The molecule has 6 heteroatoms. The van der Waals surface area contributed by atoms with Gasteiger partial charge in [0.15, 0.2) is 0 Å². The standard InChI is InChI=1S/C11H16N4OS/c12-3-7-15(8-4-13)11(16)9-17-10-1-5-14-6-2-10/h10,14H,1-2,5-9H2. The summed E-state index contributed by atoms with van der Waals surface area (Å²) in [4.78, 5) is 13.1. The molecule has 0 saturated carbocycles. The molecule has 0 aromatic carbocycles. The molecule has 92 valence electrons. The predicted molar refractivity (Wildman–Crippen MR) is 66.2 cm³/mol. The molecule has 0 atom stereocenters. The van der Waals surface area contributed by atoms with Gasteiger partial charge < -0.3 is 10.2 Å². The summed E-state index contributed by atoms with van der Waals surface area (Å²) < 4.78 is 0. The number of nitriles is 2. The smallest absolute Gasteiger partial charge is 0.234 e. The first-order valence-corrected chi connectivity index (χ1v) is 6.66. The molecule has 0 radical (unpaired) electrons. The minimum atomic E-state index is -0.114. The van der Waals surface area contributed by atoms with Gasteiger partial charge in [0.1, 0.15) is 13.1 Å². The number of amides is 1. The molecule has 1 amide bonds. The highest BCUT2D eigenvalue weighted by Crippen LogP contribution is 2.20. The van der Waals surface area contributed by atoms with Crippen molar-refractivity contribution in [3.8, 4) is 12.1 Å². The van der Waals surface area contributed by atoms with Crippen LogP contribution >= 0.6 is 11.8 Å². The van der Waals surface area contributed by atoms with Gasteiger partial charge in [-0.2, -0.15) is 10.5 Å². The van der Waals surface area contributed by atoms with Crippen LogP contribution in [0.3, 0.4) is 0 Å². The molecule has 1 fully saturated rings. The van der Waals surface area contributed by atoms with Gasteiger partial charge in [-0.1, -0.05) is 0 Å². The van der Waals surface area contributed by atoms with Crippen LogP contribution in [0.1, 0.15) is 12.8 Å². The van der Waals surface area contributed by atoms with Crippen molar-refractivity contribution < 1.29 is 4.79 Å². The summed E-state index contributed by atoms with van der Waals surface area (Å²) in [7, 11) is 0. The summed E-state index contributed by atoms with van der Waals surface area (Å²) in [5.41, 5.74) is 0. The van der Waals surface area contributed by atoms with Gasteiger partial charge in [0.05, 0.1) is 17.9 Å². The zero-order valence-electron chi connectivity index (χ0n) is 9.69. The summed E-state index contributed by atoms with van der Waals surface area (Å²) >= 11 is 1.64. The van der Waals surface area contributed by atoms with Crippen molar-refractivity contribution in [1.82, 2.24) is 10.2 Å². The molecule has 0 spiro atoms. The number of nitrogens with one attached hydrogen (secondary N) is 1. The van der Waals surface area contributed by atoms with Gasteiger partial charge in [0.25, 0.3) is 0 Å². The molecular weight excluding hydrogens is 236 g/mol. The number of nitrogens with zero attached hydrogens (tertiary/aromatic N) is 3. The number of thioether (sulfide) groups is 1. The monoisotopic (exact) mass is 252 g/mol. The minimum Gasteiger partial charge on any atom is -0.317 e. The molecular formula is C11H16N4OS. The maximum absolute atomic E-state index is 11.8. The largest absolute Gasteiger partial charge is 0.317 e. The normalized spacial score (nSPS) is 15.9. The molecule has 1 heterocycles.